The molecular formula is C10H20N2O. The fraction of sp³-hybridized carbons (Fsp3) is 0.800. The van der Waals surface area contributed by atoms with Gasteiger partial charge in [0.05, 0.1) is 5.60 Å². The SMILES string of the molecule is C/C=C/CN1CCCC(O)(CN)C1. The van der Waals surface area contributed by atoms with Gasteiger partial charge in [-0.2, -0.15) is 0 Å². The number of likely N-dealkylation sites (tertiary alicyclic amines) is 1. The topological polar surface area (TPSA) is 49.5 Å². The van der Waals surface area contributed by atoms with Crippen LogP contribution < -0.4 is 5.73 Å². The third-order valence-electron chi connectivity index (χ3n) is 2.61. The highest BCUT2D eigenvalue weighted by molar-refractivity contribution is 4.91. The second-order valence-corrected chi connectivity index (χ2v) is 3.84. The molecule has 3 N–H and O–H groups in total. The molecule has 1 heterocycles. The fourth-order valence-corrected chi connectivity index (χ4v) is 1.78. The molecule has 0 radical (unpaired) electrons. The van der Waals surface area contributed by atoms with Gasteiger partial charge in [-0.3, -0.25) is 4.90 Å². The van der Waals surface area contributed by atoms with Gasteiger partial charge in [0.25, 0.3) is 0 Å². The van der Waals surface area contributed by atoms with Crippen LogP contribution in [0.5, 0.6) is 0 Å². The minimum atomic E-state index is -0.639. The Balaban J connectivity index is 2.41. The summed E-state index contributed by atoms with van der Waals surface area (Å²) < 4.78 is 0. The zero-order valence-electron chi connectivity index (χ0n) is 8.37. The lowest BCUT2D eigenvalue weighted by Crippen LogP contribution is -2.52. The highest BCUT2D eigenvalue weighted by Crippen LogP contribution is 2.19. The third-order valence-corrected chi connectivity index (χ3v) is 2.61. The van der Waals surface area contributed by atoms with Gasteiger partial charge in [-0.15, -0.1) is 0 Å². The summed E-state index contributed by atoms with van der Waals surface area (Å²) in [6, 6.07) is 0. The summed E-state index contributed by atoms with van der Waals surface area (Å²) >= 11 is 0. The number of piperidine rings is 1. The molecule has 3 heteroatoms. The van der Waals surface area contributed by atoms with E-state index in [2.05, 4.69) is 11.0 Å². The number of nitrogens with two attached hydrogens (primary N) is 1. The molecule has 1 saturated heterocycles. The van der Waals surface area contributed by atoms with Gasteiger partial charge in [-0.1, -0.05) is 12.2 Å². The lowest BCUT2D eigenvalue weighted by atomic mass is 9.93. The molecule has 1 fully saturated rings. The highest BCUT2D eigenvalue weighted by Gasteiger charge is 2.30. The molecule has 0 bridgehead atoms. The van der Waals surface area contributed by atoms with E-state index in [9.17, 15) is 5.11 Å². The van der Waals surface area contributed by atoms with Gasteiger partial charge in [0.15, 0.2) is 0 Å². The van der Waals surface area contributed by atoms with Crippen LogP contribution in [0.3, 0.4) is 0 Å². The quantitative estimate of drug-likeness (QED) is 0.622. The number of aliphatic hydroxyl groups is 1. The van der Waals surface area contributed by atoms with E-state index < -0.39 is 5.60 Å². The molecule has 0 spiro atoms. The molecule has 1 aliphatic heterocycles. The van der Waals surface area contributed by atoms with Crippen LogP contribution in [-0.4, -0.2) is 41.8 Å². The van der Waals surface area contributed by atoms with Crippen LogP contribution in [0.25, 0.3) is 0 Å². The van der Waals surface area contributed by atoms with E-state index >= 15 is 0 Å². The van der Waals surface area contributed by atoms with Crippen LogP contribution in [0.15, 0.2) is 12.2 Å². The van der Waals surface area contributed by atoms with Crippen molar-refractivity contribution >= 4 is 0 Å². The molecule has 1 unspecified atom stereocenters. The molecule has 3 nitrogen and oxygen atoms in total. The summed E-state index contributed by atoms with van der Waals surface area (Å²) in [6.45, 7) is 5.11. The summed E-state index contributed by atoms with van der Waals surface area (Å²) in [4.78, 5) is 2.25. The van der Waals surface area contributed by atoms with E-state index in [-0.39, 0.29) is 0 Å². The number of β-amino-alcohol motifs (C(OH)–C–C–N with tert-alkyl or cyclic N) is 1. The van der Waals surface area contributed by atoms with Crippen molar-refractivity contribution in [1.82, 2.24) is 4.90 Å². The molecule has 0 amide bonds. The lowest BCUT2D eigenvalue weighted by molar-refractivity contribution is -0.0196. The first-order valence-corrected chi connectivity index (χ1v) is 4.96. The number of hydrogen-bond acceptors (Lipinski definition) is 3. The standard InChI is InChI=1S/C10H20N2O/c1-2-3-6-12-7-4-5-10(13,8-11)9-12/h2-3,13H,4-9,11H2,1H3/b3-2+. The first-order valence-electron chi connectivity index (χ1n) is 4.96. The van der Waals surface area contributed by atoms with Crippen LogP contribution in [0.1, 0.15) is 19.8 Å². The van der Waals surface area contributed by atoms with Crippen LogP contribution >= 0.6 is 0 Å². The van der Waals surface area contributed by atoms with Gasteiger partial charge in [0.1, 0.15) is 0 Å². The second-order valence-electron chi connectivity index (χ2n) is 3.84. The summed E-state index contributed by atoms with van der Waals surface area (Å²) in [6.07, 6.45) is 6.04. The molecule has 13 heavy (non-hydrogen) atoms. The van der Waals surface area contributed by atoms with Gasteiger partial charge in [0, 0.05) is 19.6 Å². The van der Waals surface area contributed by atoms with Crippen LogP contribution in [0, 0.1) is 0 Å². The van der Waals surface area contributed by atoms with Crippen molar-refractivity contribution in [2.24, 2.45) is 5.73 Å². The first kappa shape index (κ1) is 10.7. The minimum absolute atomic E-state index is 0.374. The van der Waals surface area contributed by atoms with Crippen LogP contribution in [0.4, 0.5) is 0 Å². The highest BCUT2D eigenvalue weighted by atomic mass is 16.3. The maximum Gasteiger partial charge on any atom is 0.0896 e. The molecule has 0 aromatic rings. The molecule has 1 atom stereocenters. The van der Waals surface area contributed by atoms with Crippen molar-refractivity contribution in [3.63, 3.8) is 0 Å². The Morgan fingerprint density at radius 3 is 3.00 bits per heavy atom. The van der Waals surface area contributed by atoms with Gasteiger partial charge < -0.3 is 10.8 Å². The number of rotatable bonds is 3. The molecule has 76 valence electrons. The first-order chi connectivity index (χ1) is 6.20. The van der Waals surface area contributed by atoms with E-state index in [0.29, 0.717) is 13.1 Å². The van der Waals surface area contributed by atoms with Gasteiger partial charge in [-0.25, -0.2) is 0 Å². The summed E-state index contributed by atoms with van der Waals surface area (Å²) in [7, 11) is 0. The summed E-state index contributed by atoms with van der Waals surface area (Å²) in [5.74, 6) is 0. The summed E-state index contributed by atoms with van der Waals surface area (Å²) in [5, 5.41) is 9.96. The Bertz CT molecular complexity index is 182. The van der Waals surface area contributed by atoms with Crippen molar-refractivity contribution in [2.45, 2.75) is 25.4 Å². The summed E-state index contributed by atoms with van der Waals surface area (Å²) in [5.41, 5.74) is 4.89. The molecule has 0 aromatic carbocycles. The van der Waals surface area contributed by atoms with E-state index in [4.69, 9.17) is 5.73 Å². The Kier molecular flexibility index (Phi) is 3.90. The van der Waals surface area contributed by atoms with Gasteiger partial charge in [-0.05, 0) is 26.3 Å². The van der Waals surface area contributed by atoms with E-state index in [1.165, 1.54) is 0 Å². The third kappa shape index (κ3) is 3.10. The molecule has 0 aliphatic carbocycles. The lowest BCUT2D eigenvalue weighted by Gasteiger charge is -2.38. The second kappa shape index (κ2) is 4.74. The smallest absolute Gasteiger partial charge is 0.0896 e. The van der Waals surface area contributed by atoms with Gasteiger partial charge >= 0.3 is 0 Å². The maximum atomic E-state index is 9.96. The Hall–Kier alpha value is -0.380. The number of allylic oxidation sites excluding steroid dienone is 1. The molecule has 1 aliphatic rings. The average Bonchev–Trinajstić information content (AvgIpc) is 2.15. The zero-order valence-corrected chi connectivity index (χ0v) is 8.37. The van der Waals surface area contributed by atoms with E-state index in [0.717, 1.165) is 25.9 Å². The maximum absolute atomic E-state index is 9.96. The Morgan fingerprint density at radius 2 is 2.38 bits per heavy atom. The van der Waals surface area contributed by atoms with Crippen LogP contribution in [0.2, 0.25) is 0 Å². The molecule has 0 aromatic heterocycles. The van der Waals surface area contributed by atoms with Crippen molar-refractivity contribution in [3.8, 4) is 0 Å². The van der Waals surface area contributed by atoms with Crippen LogP contribution in [-0.2, 0) is 0 Å². The predicted molar refractivity (Wildman–Crippen MR) is 54.5 cm³/mol. The number of hydrogen-bond donors (Lipinski definition) is 2. The van der Waals surface area contributed by atoms with Gasteiger partial charge in [0.2, 0.25) is 0 Å². The minimum Gasteiger partial charge on any atom is -0.387 e. The van der Waals surface area contributed by atoms with E-state index in [1.807, 2.05) is 13.0 Å². The van der Waals surface area contributed by atoms with E-state index in [1.54, 1.807) is 0 Å². The molecular weight excluding hydrogens is 164 g/mol. The molecule has 1 rings (SSSR count). The fourth-order valence-electron chi connectivity index (χ4n) is 1.78. The van der Waals surface area contributed by atoms with Crippen molar-refractivity contribution in [3.05, 3.63) is 12.2 Å². The predicted octanol–water partition coefficient (Wildman–Crippen LogP) is 0.348. The Labute approximate surface area is 80.2 Å². The van der Waals surface area contributed by atoms with Crippen molar-refractivity contribution in [1.29, 1.82) is 0 Å². The normalized spacial score (nSPS) is 31.3. The van der Waals surface area contributed by atoms with Crippen molar-refractivity contribution in [2.75, 3.05) is 26.2 Å². The monoisotopic (exact) mass is 184 g/mol. The zero-order chi connectivity index (χ0) is 9.73. The molecule has 0 saturated carbocycles. The largest absolute Gasteiger partial charge is 0.387 e. The average molecular weight is 184 g/mol. The number of nitrogens with zero attached hydrogens (tertiary/aromatic N) is 1. The Morgan fingerprint density at radius 1 is 1.62 bits per heavy atom. The van der Waals surface area contributed by atoms with Crippen molar-refractivity contribution < 1.29 is 5.11 Å².